The van der Waals surface area contributed by atoms with E-state index in [0.717, 1.165) is 0 Å². The Kier molecular flexibility index (Phi) is 4.72. The monoisotopic (exact) mass is 386 g/mol. The Hall–Kier alpha value is -1.09. The summed E-state index contributed by atoms with van der Waals surface area (Å²) in [4.78, 5) is 0. The lowest BCUT2D eigenvalue weighted by molar-refractivity contribution is -0.517. The molecule has 0 aromatic heterocycles. The van der Waals surface area contributed by atoms with E-state index in [-0.39, 0.29) is 0 Å². The zero-order valence-corrected chi connectivity index (χ0v) is 9.62. The van der Waals surface area contributed by atoms with E-state index in [1.807, 2.05) is 0 Å². The highest BCUT2D eigenvalue weighted by Gasteiger charge is 2.99. The summed E-state index contributed by atoms with van der Waals surface area (Å²) in [7, 11) is 0. The van der Waals surface area contributed by atoms with Crippen LogP contribution in [0.15, 0.2) is 0 Å². The van der Waals surface area contributed by atoms with Crippen molar-refractivity contribution < 1.29 is 71.0 Å². The zero-order chi connectivity index (χ0) is 19.5. The Bertz CT molecular complexity index is 395. The van der Waals surface area contributed by atoms with Gasteiger partial charge in [-0.05, 0) is 0 Å². The van der Waals surface area contributed by atoms with Gasteiger partial charge in [-0.1, -0.05) is 0 Å². The van der Waals surface area contributed by atoms with Crippen LogP contribution in [0.3, 0.4) is 0 Å². The summed E-state index contributed by atoms with van der Waals surface area (Å²) < 4.78 is 185. The number of hydrogen-bond donors (Lipinski definition) is 1. The third-order valence-corrected chi connectivity index (χ3v) is 2.52. The average Bonchev–Trinajstić information content (AvgIpc) is 2.06. The molecule has 0 saturated carbocycles. The Morgan fingerprint density at radius 3 is 0.739 bits per heavy atom. The topological polar surface area (TPSA) is 20.2 Å². The van der Waals surface area contributed by atoms with E-state index in [1.54, 1.807) is 0 Å². The fourth-order valence-electron chi connectivity index (χ4n) is 1.44. The van der Waals surface area contributed by atoms with Crippen LogP contribution in [0.4, 0.5) is 65.9 Å². The second-order valence-electron chi connectivity index (χ2n) is 3.93. The maximum atomic E-state index is 13.0. The molecule has 0 rings (SSSR count). The molecule has 0 saturated heterocycles. The van der Waals surface area contributed by atoms with E-state index in [1.165, 1.54) is 0 Å². The highest BCUT2D eigenvalue weighted by molar-refractivity contribution is 5.14. The summed E-state index contributed by atoms with van der Waals surface area (Å²) in [5.41, 5.74) is -8.57. The number of halogens is 15. The molecule has 140 valence electrons. The van der Waals surface area contributed by atoms with Crippen molar-refractivity contribution in [3.05, 3.63) is 0 Å². The smallest absolute Gasteiger partial charge is 0.331 e. The molecule has 0 aliphatic heterocycles. The third kappa shape index (κ3) is 2.67. The van der Waals surface area contributed by atoms with Crippen LogP contribution in [0, 0.1) is 5.41 Å². The predicted molar refractivity (Wildman–Crippen MR) is 37.7 cm³/mol. The molecular formula is C7HF15O. The lowest BCUT2D eigenvalue weighted by Crippen LogP contribution is -2.75. The van der Waals surface area contributed by atoms with Crippen molar-refractivity contribution in [2.45, 2.75) is 36.5 Å². The summed E-state index contributed by atoms with van der Waals surface area (Å²) in [5, 5.41) is 7.38. The summed E-state index contributed by atoms with van der Waals surface area (Å²) in [6.45, 7) is 0. The normalized spacial score (nSPS) is 16.7. The SMILES string of the molecule is OC(F)(F)C(F)(F)C(F)(F)C(C(F)(F)F)(C(F)(F)F)C(F)(F)F. The maximum absolute atomic E-state index is 13.0. The van der Waals surface area contributed by atoms with E-state index in [9.17, 15) is 65.9 Å². The zero-order valence-electron chi connectivity index (χ0n) is 9.62. The first-order chi connectivity index (χ1) is 9.50. The van der Waals surface area contributed by atoms with Gasteiger partial charge in [0, 0.05) is 0 Å². The molecule has 16 heteroatoms. The molecule has 1 nitrogen and oxygen atoms in total. The highest BCUT2D eigenvalue weighted by atomic mass is 19.4. The lowest BCUT2D eigenvalue weighted by atomic mass is 9.75. The van der Waals surface area contributed by atoms with Gasteiger partial charge in [0.05, 0.1) is 0 Å². The quantitative estimate of drug-likeness (QED) is 0.708. The molecule has 0 aliphatic rings. The van der Waals surface area contributed by atoms with Gasteiger partial charge in [0.2, 0.25) is 0 Å². The van der Waals surface area contributed by atoms with Crippen molar-refractivity contribution in [2.24, 2.45) is 5.41 Å². The number of hydrogen-bond acceptors (Lipinski definition) is 1. The second kappa shape index (κ2) is 4.95. The van der Waals surface area contributed by atoms with Crippen molar-refractivity contribution in [3.63, 3.8) is 0 Å². The first-order valence-corrected chi connectivity index (χ1v) is 4.56. The summed E-state index contributed by atoms with van der Waals surface area (Å²) in [5.74, 6) is -16.6. The molecule has 0 spiro atoms. The molecule has 0 radical (unpaired) electrons. The number of rotatable bonds is 3. The fraction of sp³-hybridized carbons (Fsp3) is 1.00. The van der Waals surface area contributed by atoms with Crippen molar-refractivity contribution in [1.82, 2.24) is 0 Å². The van der Waals surface area contributed by atoms with Gasteiger partial charge in [-0.3, -0.25) is 0 Å². The van der Waals surface area contributed by atoms with Crippen LogP contribution in [0.25, 0.3) is 0 Å². The van der Waals surface area contributed by atoms with Crippen LogP contribution >= 0.6 is 0 Å². The Labute approximate surface area is 114 Å². The number of aliphatic hydroxyl groups is 1. The van der Waals surface area contributed by atoms with Crippen molar-refractivity contribution in [3.8, 4) is 0 Å². The van der Waals surface area contributed by atoms with Gasteiger partial charge < -0.3 is 5.11 Å². The van der Waals surface area contributed by atoms with E-state index >= 15 is 0 Å². The second-order valence-corrected chi connectivity index (χ2v) is 3.93. The van der Waals surface area contributed by atoms with Crippen LogP contribution in [0.2, 0.25) is 0 Å². The van der Waals surface area contributed by atoms with Gasteiger partial charge in [-0.25, -0.2) is 0 Å². The standard InChI is InChI=1S/C7HF15O/c8-2(9,3(10,11)7(21,22)23)1(4(12,13)14,5(15,16)17)6(18,19)20/h23H. The summed E-state index contributed by atoms with van der Waals surface area (Å²) in [6.07, 6.45) is -32.0. The Morgan fingerprint density at radius 2 is 0.609 bits per heavy atom. The fourth-order valence-corrected chi connectivity index (χ4v) is 1.44. The Balaban J connectivity index is 7.12. The first-order valence-electron chi connectivity index (χ1n) is 4.56. The molecule has 0 heterocycles. The van der Waals surface area contributed by atoms with Gasteiger partial charge in [0.1, 0.15) is 0 Å². The molecule has 0 aromatic rings. The van der Waals surface area contributed by atoms with E-state index in [2.05, 4.69) is 0 Å². The number of alkyl halides is 15. The molecule has 0 bridgehead atoms. The van der Waals surface area contributed by atoms with Crippen LogP contribution in [-0.2, 0) is 0 Å². The van der Waals surface area contributed by atoms with Gasteiger partial charge in [0.15, 0.2) is 0 Å². The van der Waals surface area contributed by atoms with Gasteiger partial charge in [-0.2, -0.15) is 65.9 Å². The minimum absolute atomic E-state index is 7.34. The van der Waals surface area contributed by atoms with Crippen molar-refractivity contribution in [2.75, 3.05) is 0 Å². The maximum Gasteiger partial charge on any atom is 0.423 e. The van der Waals surface area contributed by atoms with Gasteiger partial charge in [-0.15, -0.1) is 0 Å². The molecule has 1 N–H and O–H groups in total. The third-order valence-electron chi connectivity index (χ3n) is 2.52. The summed E-state index contributed by atoms with van der Waals surface area (Å²) >= 11 is 0. The molecule has 23 heavy (non-hydrogen) atoms. The van der Waals surface area contributed by atoms with E-state index in [0.29, 0.717) is 0 Å². The largest absolute Gasteiger partial charge is 0.423 e. The average molecular weight is 386 g/mol. The molecule has 0 unspecified atom stereocenters. The molecule has 0 aromatic carbocycles. The predicted octanol–water partition coefficient (Wildman–Crippen LogP) is 4.52. The van der Waals surface area contributed by atoms with E-state index < -0.39 is 41.9 Å². The van der Waals surface area contributed by atoms with Crippen LogP contribution < -0.4 is 0 Å². The van der Waals surface area contributed by atoms with Gasteiger partial charge in [0.25, 0.3) is 0 Å². The van der Waals surface area contributed by atoms with Crippen LogP contribution in [0.5, 0.6) is 0 Å². The molecule has 0 aliphatic carbocycles. The molecule has 0 amide bonds. The van der Waals surface area contributed by atoms with Crippen LogP contribution in [-0.4, -0.2) is 41.6 Å². The lowest BCUT2D eigenvalue weighted by Gasteiger charge is -2.45. The van der Waals surface area contributed by atoms with Gasteiger partial charge >= 0.3 is 41.9 Å². The molecule has 0 fully saturated rings. The van der Waals surface area contributed by atoms with Crippen molar-refractivity contribution in [1.29, 1.82) is 0 Å². The minimum atomic E-state index is -8.57. The Morgan fingerprint density at radius 1 is 0.391 bits per heavy atom. The molecular weight excluding hydrogens is 385 g/mol. The first kappa shape index (κ1) is 21.9. The highest BCUT2D eigenvalue weighted by Crippen LogP contribution is 2.70. The summed E-state index contributed by atoms with van der Waals surface area (Å²) in [6, 6.07) is 0. The van der Waals surface area contributed by atoms with Crippen molar-refractivity contribution >= 4 is 0 Å². The minimum Gasteiger partial charge on any atom is -0.331 e. The van der Waals surface area contributed by atoms with Crippen LogP contribution in [0.1, 0.15) is 0 Å². The van der Waals surface area contributed by atoms with E-state index in [4.69, 9.17) is 5.11 Å². The molecule has 0 atom stereocenters.